The van der Waals surface area contributed by atoms with Crippen LogP contribution in [-0.4, -0.2) is 11.5 Å². The zero-order chi connectivity index (χ0) is 14.8. The molecular formula is C15H13ClN2O3. The van der Waals surface area contributed by atoms with Gasteiger partial charge in [-0.05, 0) is 29.3 Å². The average molecular weight is 305 g/mol. The Morgan fingerprint density at radius 3 is 2.95 bits per heavy atom. The largest absolute Gasteiger partial charge is 0.493 e. The average Bonchev–Trinajstić information content (AvgIpc) is 2.93. The minimum atomic E-state index is -0.440. The van der Waals surface area contributed by atoms with Gasteiger partial charge in [0.2, 0.25) is 0 Å². The Labute approximate surface area is 126 Å². The summed E-state index contributed by atoms with van der Waals surface area (Å²) in [7, 11) is 0. The maximum absolute atomic E-state index is 11.0. The Morgan fingerprint density at radius 2 is 2.14 bits per heavy atom. The van der Waals surface area contributed by atoms with E-state index in [2.05, 4.69) is 11.4 Å². The number of anilines is 1. The van der Waals surface area contributed by atoms with E-state index < -0.39 is 4.92 Å². The van der Waals surface area contributed by atoms with E-state index in [4.69, 9.17) is 16.3 Å². The van der Waals surface area contributed by atoms with E-state index in [9.17, 15) is 10.1 Å². The van der Waals surface area contributed by atoms with Gasteiger partial charge in [0.15, 0.2) is 0 Å². The third-order valence-corrected chi connectivity index (χ3v) is 3.63. The van der Waals surface area contributed by atoms with Crippen LogP contribution < -0.4 is 10.1 Å². The molecule has 2 aromatic rings. The van der Waals surface area contributed by atoms with E-state index in [0.717, 1.165) is 24.3 Å². The maximum Gasteiger partial charge on any atom is 0.293 e. The first-order valence-corrected chi connectivity index (χ1v) is 6.94. The molecule has 1 aliphatic heterocycles. The summed E-state index contributed by atoms with van der Waals surface area (Å²) >= 11 is 5.80. The lowest BCUT2D eigenvalue weighted by atomic mass is 10.1. The van der Waals surface area contributed by atoms with Gasteiger partial charge in [-0.15, -0.1) is 0 Å². The molecule has 1 aliphatic rings. The molecule has 21 heavy (non-hydrogen) atoms. The first-order valence-electron chi connectivity index (χ1n) is 6.56. The number of benzene rings is 2. The zero-order valence-electron chi connectivity index (χ0n) is 11.1. The van der Waals surface area contributed by atoms with E-state index in [1.54, 1.807) is 12.1 Å². The summed E-state index contributed by atoms with van der Waals surface area (Å²) in [6.07, 6.45) is 0.907. The van der Waals surface area contributed by atoms with Gasteiger partial charge >= 0.3 is 0 Å². The lowest BCUT2D eigenvalue weighted by Gasteiger charge is -2.08. The molecule has 0 radical (unpaired) electrons. The topological polar surface area (TPSA) is 64.4 Å². The smallest absolute Gasteiger partial charge is 0.293 e. The van der Waals surface area contributed by atoms with Gasteiger partial charge in [-0.1, -0.05) is 23.7 Å². The molecule has 6 heteroatoms. The number of rotatable bonds is 4. The highest BCUT2D eigenvalue weighted by atomic mass is 35.5. The first kappa shape index (κ1) is 13.7. The molecule has 3 rings (SSSR count). The highest BCUT2D eigenvalue weighted by Gasteiger charge is 2.15. The molecule has 0 saturated heterocycles. The Morgan fingerprint density at radius 1 is 1.29 bits per heavy atom. The number of fused-ring (bicyclic) bond motifs is 1. The number of nitro groups is 1. The molecule has 2 aromatic carbocycles. The summed E-state index contributed by atoms with van der Waals surface area (Å²) in [5, 5.41) is 14.5. The summed E-state index contributed by atoms with van der Waals surface area (Å²) in [5.74, 6) is 0.927. The van der Waals surface area contributed by atoms with Crippen LogP contribution in [0.2, 0.25) is 5.02 Å². The molecule has 0 unspecified atom stereocenters. The van der Waals surface area contributed by atoms with Gasteiger partial charge in [-0.25, -0.2) is 0 Å². The van der Waals surface area contributed by atoms with Crippen LogP contribution >= 0.6 is 11.6 Å². The molecule has 5 nitrogen and oxygen atoms in total. The number of halogens is 1. The number of nitro benzene ring substituents is 1. The third kappa shape index (κ3) is 2.92. The van der Waals surface area contributed by atoms with Crippen molar-refractivity contribution in [3.63, 3.8) is 0 Å². The molecule has 0 spiro atoms. The zero-order valence-corrected chi connectivity index (χ0v) is 11.9. The molecule has 0 bridgehead atoms. The third-order valence-electron chi connectivity index (χ3n) is 3.39. The van der Waals surface area contributed by atoms with Crippen LogP contribution in [0, 0.1) is 10.1 Å². The van der Waals surface area contributed by atoms with Crippen molar-refractivity contribution in [1.82, 2.24) is 0 Å². The van der Waals surface area contributed by atoms with E-state index in [1.165, 1.54) is 11.6 Å². The number of nitrogens with one attached hydrogen (secondary N) is 1. The van der Waals surface area contributed by atoms with Crippen molar-refractivity contribution in [3.8, 4) is 5.75 Å². The molecule has 0 aromatic heterocycles. The number of nitrogens with zero attached hydrogens (tertiary/aromatic N) is 1. The van der Waals surface area contributed by atoms with Gasteiger partial charge in [0.1, 0.15) is 11.4 Å². The predicted octanol–water partition coefficient (Wildman–Crippen LogP) is 3.80. The number of ether oxygens (including phenoxy) is 1. The Hall–Kier alpha value is -2.27. The summed E-state index contributed by atoms with van der Waals surface area (Å²) in [6, 6.07) is 10.6. The Bertz CT molecular complexity index is 703. The van der Waals surface area contributed by atoms with E-state index >= 15 is 0 Å². The molecular weight excluding hydrogens is 292 g/mol. The normalized spacial score (nSPS) is 12.6. The lowest BCUT2D eigenvalue weighted by Crippen LogP contribution is -2.03. The van der Waals surface area contributed by atoms with Crippen LogP contribution in [0.3, 0.4) is 0 Å². The minimum absolute atomic E-state index is 0.0213. The second-order valence-electron chi connectivity index (χ2n) is 4.81. The standard InChI is InChI=1S/C15H13ClN2O3/c16-12-2-3-13(14(8-12)18(19)20)17-9-10-1-4-15-11(7-10)5-6-21-15/h1-4,7-8,17H,5-6,9H2. The predicted molar refractivity (Wildman–Crippen MR) is 81.1 cm³/mol. The van der Waals surface area contributed by atoms with E-state index in [-0.39, 0.29) is 5.69 Å². The van der Waals surface area contributed by atoms with Gasteiger partial charge in [-0.3, -0.25) is 10.1 Å². The van der Waals surface area contributed by atoms with Crippen LogP contribution in [0.25, 0.3) is 0 Å². The maximum atomic E-state index is 11.0. The number of hydrogen-bond donors (Lipinski definition) is 1. The fourth-order valence-electron chi connectivity index (χ4n) is 2.35. The summed E-state index contributed by atoms with van der Waals surface area (Å²) in [5.41, 5.74) is 2.68. The molecule has 0 atom stereocenters. The first-order chi connectivity index (χ1) is 10.1. The molecule has 0 amide bonds. The Balaban J connectivity index is 1.77. The molecule has 1 N–H and O–H groups in total. The van der Waals surface area contributed by atoms with Crippen molar-refractivity contribution in [1.29, 1.82) is 0 Å². The van der Waals surface area contributed by atoms with Crippen molar-refractivity contribution in [2.75, 3.05) is 11.9 Å². The van der Waals surface area contributed by atoms with Gasteiger partial charge in [0, 0.05) is 24.1 Å². The second-order valence-corrected chi connectivity index (χ2v) is 5.25. The van der Waals surface area contributed by atoms with Crippen molar-refractivity contribution in [2.45, 2.75) is 13.0 Å². The molecule has 0 aliphatic carbocycles. The van der Waals surface area contributed by atoms with Gasteiger partial charge < -0.3 is 10.1 Å². The molecule has 1 heterocycles. The van der Waals surface area contributed by atoms with Crippen molar-refractivity contribution in [2.24, 2.45) is 0 Å². The Kier molecular flexibility index (Phi) is 3.66. The highest BCUT2D eigenvalue weighted by molar-refractivity contribution is 6.30. The SMILES string of the molecule is O=[N+]([O-])c1cc(Cl)ccc1NCc1ccc2c(c1)CCO2. The van der Waals surface area contributed by atoms with Crippen LogP contribution in [-0.2, 0) is 13.0 Å². The van der Waals surface area contributed by atoms with Crippen molar-refractivity contribution < 1.29 is 9.66 Å². The highest BCUT2D eigenvalue weighted by Crippen LogP contribution is 2.29. The van der Waals surface area contributed by atoms with Crippen LogP contribution in [0.15, 0.2) is 36.4 Å². The monoisotopic (exact) mass is 304 g/mol. The molecule has 0 saturated carbocycles. The van der Waals surface area contributed by atoms with Gasteiger partial charge in [0.25, 0.3) is 5.69 Å². The van der Waals surface area contributed by atoms with Crippen LogP contribution in [0.4, 0.5) is 11.4 Å². The molecule has 108 valence electrons. The quantitative estimate of drug-likeness (QED) is 0.689. The van der Waals surface area contributed by atoms with Crippen LogP contribution in [0.5, 0.6) is 5.75 Å². The number of hydrogen-bond acceptors (Lipinski definition) is 4. The lowest BCUT2D eigenvalue weighted by molar-refractivity contribution is -0.383. The fourth-order valence-corrected chi connectivity index (χ4v) is 2.52. The van der Waals surface area contributed by atoms with E-state index in [1.807, 2.05) is 12.1 Å². The summed E-state index contributed by atoms with van der Waals surface area (Å²) < 4.78 is 5.46. The fraction of sp³-hybridized carbons (Fsp3) is 0.200. The van der Waals surface area contributed by atoms with E-state index in [0.29, 0.717) is 17.3 Å². The van der Waals surface area contributed by atoms with Crippen molar-refractivity contribution >= 4 is 23.0 Å². The van der Waals surface area contributed by atoms with Crippen molar-refractivity contribution in [3.05, 3.63) is 62.7 Å². The van der Waals surface area contributed by atoms with Gasteiger partial charge in [0.05, 0.1) is 11.5 Å². The summed E-state index contributed by atoms with van der Waals surface area (Å²) in [6.45, 7) is 1.23. The summed E-state index contributed by atoms with van der Waals surface area (Å²) in [4.78, 5) is 10.6. The molecule has 0 fully saturated rings. The minimum Gasteiger partial charge on any atom is -0.493 e. The second kappa shape index (κ2) is 5.61. The van der Waals surface area contributed by atoms with Gasteiger partial charge in [-0.2, -0.15) is 0 Å². The van der Waals surface area contributed by atoms with Crippen LogP contribution in [0.1, 0.15) is 11.1 Å².